The normalized spacial score (nSPS) is 17.0. The van der Waals surface area contributed by atoms with Crippen molar-refractivity contribution in [3.05, 3.63) is 17.3 Å². The molecule has 2 aromatic rings. The van der Waals surface area contributed by atoms with E-state index in [1.807, 2.05) is 0 Å². The summed E-state index contributed by atoms with van der Waals surface area (Å²) < 4.78 is 2.24. The average molecular weight is 306 g/mol. The minimum absolute atomic E-state index is 0.114. The first-order valence-corrected chi connectivity index (χ1v) is 8.76. The fourth-order valence-electron chi connectivity index (χ4n) is 3.08. The lowest BCUT2D eigenvalue weighted by atomic mass is 10.1. The largest absolute Gasteiger partial charge is 0.355 e. The summed E-state index contributed by atoms with van der Waals surface area (Å²) in [5.74, 6) is 1.16. The SMILES string of the molecule is CN(c1nc2sccn2c1CNC(C)(C)C)C1CCCC1. The molecule has 2 heterocycles. The summed E-state index contributed by atoms with van der Waals surface area (Å²) in [5, 5.41) is 5.72. The van der Waals surface area contributed by atoms with Crippen molar-refractivity contribution in [3.8, 4) is 0 Å². The Hall–Kier alpha value is -1.07. The number of thiazole rings is 1. The molecule has 0 atom stereocenters. The Morgan fingerprint density at radius 3 is 2.76 bits per heavy atom. The molecule has 5 heteroatoms. The van der Waals surface area contributed by atoms with Gasteiger partial charge in [0.1, 0.15) is 0 Å². The van der Waals surface area contributed by atoms with Crippen molar-refractivity contribution in [2.45, 2.75) is 64.6 Å². The van der Waals surface area contributed by atoms with Gasteiger partial charge in [-0.3, -0.25) is 4.40 Å². The van der Waals surface area contributed by atoms with E-state index in [1.165, 1.54) is 31.4 Å². The number of nitrogens with zero attached hydrogens (tertiary/aromatic N) is 3. The van der Waals surface area contributed by atoms with Crippen LogP contribution in [0.25, 0.3) is 4.96 Å². The van der Waals surface area contributed by atoms with Gasteiger partial charge in [0, 0.05) is 36.8 Å². The molecule has 21 heavy (non-hydrogen) atoms. The first-order valence-electron chi connectivity index (χ1n) is 7.88. The van der Waals surface area contributed by atoms with Gasteiger partial charge in [0.2, 0.25) is 0 Å². The second kappa shape index (κ2) is 5.61. The first kappa shape index (κ1) is 14.9. The Morgan fingerprint density at radius 2 is 2.10 bits per heavy atom. The molecule has 1 aliphatic rings. The van der Waals surface area contributed by atoms with Gasteiger partial charge in [0.15, 0.2) is 10.8 Å². The number of hydrogen-bond acceptors (Lipinski definition) is 4. The molecule has 116 valence electrons. The van der Waals surface area contributed by atoms with Gasteiger partial charge in [-0.2, -0.15) is 0 Å². The van der Waals surface area contributed by atoms with Gasteiger partial charge >= 0.3 is 0 Å². The summed E-state index contributed by atoms with van der Waals surface area (Å²) in [4.78, 5) is 8.39. The molecule has 1 N–H and O–H groups in total. The predicted octanol–water partition coefficient (Wildman–Crippen LogP) is 3.66. The minimum atomic E-state index is 0.114. The molecule has 0 bridgehead atoms. The quantitative estimate of drug-likeness (QED) is 0.935. The average Bonchev–Trinajstić information content (AvgIpc) is 3.11. The van der Waals surface area contributed by atoms with E-state index in [1.54, 1.807) is 11.3 Å². The molecule has 0 saturated heterocycles. The number of imidazole rings is 1. The second-order valence-electron chi connectivity index (χ2n) is 7.09. The van der Waals surface area contributed by atoms with E-state index in [0.717, 1.165) is 17.3 Å². The highest BCUT2D eigenvalue weighted by Gasteiger charge is 2.25. The van der Waals surface area contributed by atoms with Crippen molar-refractivity contribution in [1.29, 1.82) is 0 Å². The Kier molecular flexibility index (Phi) is 3.97. The lowest BCUT2D eigenvalue weighted by Gasteiger charge is -2.27. The maximum Gasteiger partial charge on any atom is 0.195 e. The van der Waals surface area contributed by atoms with Crippen molar-refractivity contribution in [1.82, 2.24) is 14.7 Å². The molecular weight excluding hydrogens is 280 g/mol. The Balaban J connectivity index is 1.91. The third kappa shape index (κ3) is 3.09. The maximum atomic E-state index is 4.89. The number of aromatic nitrogens is 2. The Bertz CT molecular complexity index is 601. The van der Waals surface area contributed by atoms with Crippen molar-refractivity contribution in [2.24, 2.45) is 0 Å². The Morgan fingerprint density at radius 1 is 1.38 bits per heavy atom. The zero-order chi connectivity index (χ0) is 15.0. The summed E-state index contributed by atoms with van der Waals surface area (Å²) in [6.07, 6.45) is 7.44. The molecule has 0 radical (unpaired) electrons. The Labute approximate surface area is 131 Å². The monoisotopic (exact) mass is 306 g/mol. The molecule has 4 nitrogen and oxygen atoms in total. The van der Waals surface area contributed by atoms with Crippen LogP contribution in [0.15, 0.2) is 11.6 Å². The topological polar surface area (TPSA) is 32.6 Å². The number of rotatable bonds is 4. The van der Waals surface area contributed by atoms with Crippen LogP contribution in [0.3, 0.4) is 0 Å². The lowest BCUT2D eigenvalue weighted by Crippen LogP contribution is -2.36. The van der Waals surface area contributed by atoms with Gasteiger partial charge in [-0.25, -0.2) is 4.98 Å². The third-order valence-corrected chi connectivity index (χ3v) is 5.09. The van der Waals surface area contributed by atoms with Crippen molar-refractivity contribution in [3.63, 3.8) is 0 Å². The van der Waals surface area contributed by atoms with Gasteiger partial charge < -0.3 is 10.2 Å². The molecular formula is C16H26N4S. The van der Waals surface area contributed by atoms with Crippen LogP contribution >= 0.6 is 11.3 Å². The van der Waals surface area contributed by atoms with Crippen LogP contribution < -0.4 is 10.2 Å². The van der Waals surface area contributed by atoms with Crippen LogP contribution in [0.4, 0.5) is 5.82 Å². The zero-order valence-corrected chi connectivity index (χ0v) is 14.3. The fourth-order valence-corrected chi connectivity index (χ4v) is 3.81. The summed E-state index contributed by atoms with van der Waals surface area (Å²) >= 11 is 1.71. The summed E-state index contributed by atoms with van der Waals surface area (Å²) in [5.41, 5.74) is 1.40. The summed E-state index contributed by atoms with van der Waals surface area (Å²) in [7, 11) is 2.21. The van der Waals surface area contributed by atoms with Gasteiger partial charge in [0.05, 0.1) is 5.69 Å². The van der Waals surface area contributed by atoms with E-state index in [4.69, 9.17) is 4.98 Å². The maximum absolute atomic E-state index is 4.89. The number of nitrogens with one attached hydrogen (secondary N) is 1. The molecule has 1 aliphatic carbocycles. The highest BCUT2D eigenvalue weighted by Crippen LogP contribution is 2.30. The summed E-state index contributed by atoms with van der Waals surface area (Å²) in [6.45, 7) is 7.48. The van der Waals surface area contributed by atoms with Crippen LogP contribution in [-0.2, 0) is 6.54 Å². The summed E-state index contributed by atoms with van der Waals surface area (Å²) in [6, 6.07) is 0.656. The number of fused-ring (bicyclic) bond motifs is 1. The molecule has 0 spiro atoms. The molecule has 0 unspecified atom stereocenters. The first-order chi connectivity index (χ1) is 9.96. The fraction of sp³-hybridized carbons (Fsp3) is 0.688. The standard InChI is InChI=1S/C16H26N4S/c1-16(2,3)17-11-13-14(18-15-20(13)9-10-21-15)19(4)12-7-5-6-8-12/h9-10,12,17H,5-8,11H2,1-4H3. The molecule has 1 saturated carbocycles. The number of anilines is 1. The molecule has 2 aromatic heterocycles. The molecule has 3 rings (SSSR count). The zero-order valence-electron chi connectivity index (χ0n) is 13.5. The molecule has 0 aliphatic heterocycles. The van der Waals surface area contributed by atoms with Crippen LogP contribution in [0.1, 0.15) is 52.1 Å². The van der Waals surface area contributed by atoms with Gasteiger partial charge in [0.25, 0.3) is 0 Å². The van der Waals surface area contributed by atoms with Crippen LogP contribution in [0.2, 0.25) is 0 Å². The van der Waals surface area contributed by atoms with Crippen molar-refractivity contribution >= 4 is 22.1 Å². The van der Waals surface area contributed by atoms with Crippen LogP contribution in [0.5, 0.6) is 0 Å². The predicted molar refractivity (Wildman–Crippen MR) is 90.3 cm³/mol. The highest BCUT2D eigenvalue weighted by molar-refractivity contribution is 7.15. The van der Waals surface area contributed by atoms with Crippen LogP contribution in [0, 0.1) is 0 Å². The van der Waals surface area contributed by atoms with Crippen molar-refractivity contribution < 1.29 is 0 Å². The molecule has 0 aromatic carbocycles. The van der Waals surface area contributed by atoms with E-state index in [-0.39, 0.29) is 5.54 Å². The van der Waals surface area contributed by atoms with E-state index >= 15 is 0 Å². The highest BCUT2D eigenvalue weighted by atomic mass is 32.1. The lowest BCUT2D eigenvalue weighted by molar-refractivity contribution is 0.420. The van der Waals surface area contributed by atoms with E-state index in [0.29, 0.717) is 6.04 Å². The number of hydrogen-bond donors (Lipinski definition) is 1. The molecule has 0 amide bonds. The van der Waals surface area contributed by atoms with Gasteiger partial charge in [-0.1, -0.05) is 12.8 Å². The third-order valence-electron chi connectivity index (χ3n) is 4.33. The van der Waals surface area contributed by atoms with E-state index < -0.39 is 0 Å². The van der Waals surface area contributed by atoms with Crippen LogP contribution in [-0.4, -0.2) is 28.0 Å². The van der Waals surface area contributed by atoms with E-state index in [9.17, 15) is 0 Å². The smallest absolute Gasteiger partial charge is 0.195 e. The van der Waals surface area contributed by atoms with Gasteiger partial charge in [-0.05, 0) is 33.6 Å². The molecule has 1 fully saturated rings. The van der Waals surface area contributed by atoms with Crippen molar-refractivity contribution in [2.75, 3.05) is 11.9 Å². The van der Waals surface area contributed by atoms with Gasteiger partial charge in [-0.15, -0.1) is 11.3 Å². The van der Waals surface area contributed by atoms with E-state index in [2.05, 4.69) is 54.0 Å². The minimum Gasteiger partial charge on any atom is -0.355 e. The second-order valence-corrected chi connectivity index (χ2v) is 7.96.